The highest BCUT2D eigenvalue weighted by atomic mass is 32.2. The molecular formula is C26H38N2O5S. The average molecular weight is 491 g/mol. The van der Waals surface area contributed by atoms with Crippen molar-refractivity contribution >= 4 is 21.6 Å². The topological polar surface area (TPSA) is 84.9 Å². The van der Waals surface area contributed by atoms with E-state index in [1.54, 1.807) is 38.3 Å². The summed E-state index contributed by atoms with van der Waals surface area (Å²) in [6.45, 7) is 12.3. The van der Waals surface area contributed by atoms with E-state index in [1.807, 2.05) is 26.8 Å². The van der Waals surface area contributed by atoms with Crippen LogP contribution in [0.5, 0.6) is 11.5 Å². The first-order valence-electron chi connectivity index (χ1n) is 11.7. The maximum absolute atomic E-state index is 13.4. The molecule has 0 aliphatic heterocycles. The van der Waals surface area contributed by atoms with Crippen LogP contribution in [0.3, 0.4) is 0 Å². The molecule has 7 nitrogen and oxygen atoms in total. The van der Waals surface area contributed by atoms with Gasteiger partial charge in [0.15, 0.2) is 0 Å². The largest absolute Gasteiger partial charge is 0.496 e. The Hall–Kier alpha value is -2.74. The van der Waals surface area contributed by atoms with E-state index in [4.69, 9.17) is 9.47 Å². The first-order chi connectivity index (χ1) is 15.9. The number of sulfonamides is 1. The van der Waals surface area contributed by atoms with Crippen LogP contribution in [-0.4, -0.2) is 40.3 Å². The third-order valence-electron chi connectivity index (χ3n) is 5.80. The molecule has 1 N–H and O–H groups in total. The van der Waals surface area contributed by atoms with Gasteiger partial charge >= 0.3 is 0 Å². The number of rotatable bonds is 11. The van der Waals surface area contributed by atoms with Gasteiger partial charge in [0.25, 0.3) is 0 Å². The molecule has 0 radical (unpaired) electrons. The highest BCUT2D eigenvalue weighted by molar-refractivity contribution is 7.92. The molecule has 0 spiro atoms. The first kappa shape index (κ1) is 27.5. The van der Waals surface area contributed by atoms with E-state index in [-0.39, 0.29) is 17.9 Å². The number of hydrogen-bond donors (Lipinski definition) is 1. The second kappa shape index (κ2) is 11.6. The smallest absolute Gasteiger partial charge is 0.244 e. The van der Waals surface area contributed by atoms with Crippen LogP contribution in [0.15, 0.2) is 36.4 Å². The van der Waals surface area contributed by atoms with Crippen molar-refractivity contribution < 1.29 is 22.7 Å². The molecule has 0 bridgehead atoms. The summed E-state index contributed by atoms with van der Waals surface area (Å²) in [7, 11) is -2.07. The molecular weight excluding hydrogens is 452 g/mol. The zero-order chi connectivity index (χ0) is 25.6. The standard InChI is InChI=1S/C26H38N2O5S/c1-9-24(28(34(8,30)31)20-11-13-21(14-12-20)33-10-2)26(29)27-19(6)23-16-22(17(3)4)25(32-7)15-18(23)5/h11-17,19,24H,9-10H2,1-8H3,(H,27,29)/t19-,24+/m0/s1. The number of nitrogens with one attached hydrogen (secondary N) is 1. The Balaban J connectivity index is 2.37. The van der Waals surface area contributed by atoms with Crippen molar-refractivity contribution in [1.82, 2.24) is 5.32 Å². The molecule has 0 aliphatic rings. The molecule has 188 valence electrons. The lowest BCUT2D eigenvalue weighted by atomic mass is 9.93. The number of ether oxygens (including phenoxy) is 2. The molecule has 2 rings (SSSR count). The van der Waals surface area contributed by atoms with Crippen molar-refractivity contribution in [3.05, 3.63) is 53.1 Å². The molecule has 2 atom stereocenters. The summed E-state index contributed by atoms with van der Waals surface area (Å²) >= 11 is 0. The number of methoxy groups -OCH3 is 1. The summed E-state index contributed by atoms with van der Waals surface area (Å²) in [5, 5.41) is 3.04. The Morgan fingerprint density at radius 2 is 1.68 bits per heavy atom. The fraction of sp³-hybridized carbons (Fsp3) is 0.500. The molecule has 0 aromatic heterocycles. The van der Waals surface area contributed by atoms with Crippen LogP contribution in [0.25, 0.3) is 0 Å². The number of carbonyl (C=O) groups excluding carboxylic acids is 1. The summed E-state index contributed by atoms with van der Waals surface area (Å²) in [6.07, 6.45) is 1.43. The highest BCUT2D eigenvalue weighted by Gasteiger charge is 2.32. The molecule has 34 heavy (non-hydrogen) atoms. The van der Waals surface area contributed by atoms with E-state index in [9.17, 15) is 13.2 Å². The molecule has 2 aromatic carbocycles. The molecule has 2 aromatic rings. The number of amides is 1. The zero-order valence-corrected chi connectivity index (χ0v) is 22.3. The molecule has 0 aliphatic carbocycles. The average Bonchev–Trinajstić information content (AvgIpc) is 2.76. The summed E-state index contributed by atoms with van der Waals surface area (Å²) in [6, 6.07) is 9.57. The van der Waals surface area contributed by atoms with Crippen LogP contribution in [0.4, 0.5) is 5.69 Å². The molecule has 0 saturated heterocycles. The van der Waals surface area contributed by atoms with Crippen molar-refractivity contribution in [2.75, 3.05) is 24.3 Å². The Labute approximate surface area is 204 Å². The highest BCUT2D eigenvalue weighted by Crippen LogP contribution is 2.32. The Bertz CT molecular complexity index is 1080. The van der Waals surface area contributed by atoms with Crippen molar-refractivity contribution in [3.8, 4) is 11.5 Å². The van der Waals surface area contributed by atoms with Gasteiger partial charge < -0.3 is 14.8 Å². The Morgan fingerprint density at radius 3 is 2.15 bits per heavy atom. The number of aryl methyl sites for hydroxylation is 1. The van der Waals surface area contributed by atoms with E-state index in [1.165, 1.54) is 4.31 Å². The summed E-state index contributed by atoms with van der Waals surface area (Å²) in [5.74, 6) is 1.36. The SMILES string of the molecule is CCOc1ccc(N([C@H](CC)C(=O)N[C@@H](C)c2cc(C(C)C)c(OC)cc2C)S(C)(=O)=O)cc1. The normalized spacial score (nSPS) is 13.3. The fourth-order valence-corrected chi connectivity index (χ4v) is 5.33. The lowest BCUT2D eigenvalue weighted by molar-refractivity contribution is -0.122. The maximum Gasteiger partial charge on any atom is 0.244 e. The fourth-order valence-electron chi connectivity index (χ4n) is 4.11. The van der Waals surface area contributed by atoms with Crippen molar-refractivity contribution in [1.29, 1.82) is 0 Å². The number of hydrogen-bond acceptors (Lipinski definition) is 5. The maximum atomic E-state index is 13.4. The molecule has 1 amide bonds. The van der Waals surface area contributed by atoms with Gasteiger partial charge in [0.05, 0.1) is 31.7 Å². The van der Waals surface area contributed by atoms with Gasteiger partial charge in [-0.3, -0.25) is 9.10 Å². The van der Waals surface area contributed by atoms with Gasteiger partial charge in [-0.25, -0.2) is 8.42 Å². The van der Waals surface area contributed by atoms with Crippen LogP contribution in [0.2, 0.25) is 0 Å². The quantitative estimate of drug-likeness (QED) is 0.482. The van der Waals surface area contributed by atoms with E-state index in [0.29, 0.717) is 24.5 Å². The third-order valence-corrected chi connectivity index (χ3v) is 6.98. The van der Waals surface area contributed by atoms with Gasteiger partial charge in [0.2, 0.25) is 15.9 Å². The van der Waals surface area contributed by atoms with Gasteiger partial charge in [-0.15, -0.1) is 0 Å². The van der Waals surface area contributed by atoms with Gasteiger partial charge in [0, 0.05) is 0 Å². The van der Waals surface area contributed by atoms with E-state index in [2.05, 4.69) is 25.2 Å². The number of anilines is 1. The summed E-state index contributed by atoms with van der Waals surface area (Å²) in [5.41, 5.74) is 3.44. The Kier molecular flexibility index (Phi) is 9.38. The number of nitrogens with zero attached hydrogens (tertiary/aromatic N) is 1. The molecule has 8 heteroatoms. The molecule has 0 saturated carbocycles. The van der Waals surface area contributed by atoms with Crippen LogP contribution in [-0.2, 0) is 14.8 Å². The van der Waals surface area contributed by atoms with E-state index >= 15 is 0 Å². The minimum Gasteiger partial charge on any atom is -0.496 e. The van der Waals surface area contributed by atoms with Gasteiger partial charge in [-0.1, -0.05) is 20.8 Å². The second-order valence-electron chi connectivity index (χ2n) is 8.75. The molecule has 0 unspecified atom stereocenters. The van der Waals surface area contributed by atoms with E-state index < -0.39 is 16.1 Å². The van der Waals surface area contributed by atoms with Crippen molar-refractivity contribution in [2.45, 2.75) is 66.0 Å². The summed E-state index contributed by atoms with van der Waals surface area (Å²) in [4.78, 5) is 13.4. The molecule has 0 fully saturated rings. The van der Waals surface area contributed by atoms with Gasteiger partial charge in [0.1, 0.15) is 17.5 Å². The second-order valence-corrected chi connectivity index (χ2v) is 10.6. The van der Waals surface area contributed by atoms with Crippen LogP contribution in [0.1, 0.15) is 69.7 Å². The predicted molar refractivity (Wildman–Crippen MR) is 137 cm³/mol. The van der Waals surface area contributed by atoms with Crippen molar-refractivity contribution in [3.63, 3.8) is 0 Å². The number of carbonyl (C=O) groups is 1. The van der Waals surface area contributed by atoms with E-state index in [0.717, 1.165) is 28.7 Å². The lowest BCUT2D eigenvalue weighted by Gasteiger charge is -2.31. The minimum absolute atomic E-state index is 0.251. The lowest BCUT2D eigenvalue weighted by Crippen LogP contribution is -2.49. The summed E-state index contributed by atoms with van der Waals surface area (Å²) < 4.78 is 37.7. The van der Waals surface area contributed by atoms with Crippen molar-refractivity contribution in [2.24, 2.45) is 0 Å². The predicted octanol–water partition coefficient (Wildman–Crippen LogP) is 4.95. The van der Waals surface area contributed by atoms with Crippen LogP contribution < -0.4 is 19.1 Å². The third kappa shape index (κ3) is 6.44. The minimum atomic E-state index is -3.72. The van der Waals surface area contributed by atoms with Gasteiger partial charge in [-0.05, 0) is 86.2 Å². The zero-order valence-electron chi connectivity index (χ0n) is 21.5. The van der Waals surface area contributed by atoms with Gasteiger partial charge in [-0.2, -0.15) is 0 Å². The monoisotopic (exact) mass is 490 g/mol. The van der Waals surface area contributed by atoms with Crippen LogP contribution in [0, 0.1) is 6.92 Å². The first-order valence-corrected chi connectivity index (χ1v) is 13.5. The Morgan fingerprint density at radius 1 is 1.06 bits per heavy atom. The number of benzene rings is 2. The molecule has 0 heterocycles. The van der Waals surface area contributed by atoms with Crippen LogP contribution >= 0.6 is 0 Å².